The number of halogens is 1. The van der Waals surface area contributed by atoms with Gasteiger partial charge in [0.2, 0.25) is 0 Å². The standard InChI is InChI=1S/C15H20ClNOS/c16-14-8-7-12(19)10-13(14)15(18)17-9-3-6-11-4-1-2-5-11/h7-8,10-11,19H,1-6,9H2,(H,17,18). The van der Waals surface area contributed by atoms with Crippen LogP contribution in [0.25, 0.3) is 0 Å². The van der Waals surface area contributed by atoms with E-state index in [-0.39, 0.29) is 5.91 Å². The van der Waals surface area contributed by atoms with Gasteiger partial charge in [-0.2, -0.15) is 0 Å². The van der Waals surface area contributed by atoms with Gasteiger partial charge in [0.15, 0.2) is 0 Å². The van der Waals surface area contributed by atoms with E-state index in [0.717, 1.165) is 23.8 Å². The van der Waals surface area contributed by atoms with Crippen LogP contribution in [0, 0.1) is 5.92 Å². The Morgan fingerprint density at radius 2 is 2.11 bits per heavy atom. The minimum absolute atomic E-state index is 0.104. The number of nitrogens with one attached hydrogen (secondary N) is 1. The molecule has 1 aliphatic carbocycles. The Morgan fingerprint density at radius 1 is 1.37 bits per heavy atom. The Kier molecular flexibility index (Phi) is 5.59. The van der Waals surface area contributed by atoms with Crippen molar-refractivity contribution in [2.45, 2.75) is 43.4 Å². The Labute approximate surface area is 125 Å². The molecule has 104 valence electrons. The molecule has 1 aromatic carbocycles. The van der Waals surface area contributed by atoms with E-state index in [4.69, 9.17) is 11.6 Å². The first-order valence-corrected chi connectivity index (χ1v) is 7.76. The van der Waals surface area contributed by atoms with Crippen molar-refractivity contribution in [3.05, 3.63) is 28.8 Å². The summed E-state index contributed by atoms with van der Waals surface area (Å²) in [4.78, 5) is 12.7. The molecule has 1 saturated carbocycles. The van der Waals surface area contributed by atoms with Gasteiger partial charge in [-0.3, -0.25) is 4.79 Å². The first kappa shape index (κ1) is 14.7. The second kappa shape index (κ2) is 7.20. The summed E-state index contributed by atoms with van der Waals surface area (Å²) in [6.07, 6.45) is 7.75. The maximum Gasteiger partial charge on any atom is 0.252 e. The quantitative estimate of drug-likeness (QED) is 0.615. The average molecular weight is 298 g/mol. The molecule has 0 heterocycles. The SMILES string of the molecule is O=C(NCCCC1CCCC1)c1cc(S)ccc1Cl. The number of rotatable bonds is 5. The smallest absolute Gasteiger partial charge is 0.252 e. The molecule has 0 unspecified atom stereocenters. The van der Waals surface area contributed by atoms with Gasteiger partial charge in [0.1, 0.15) is 0 Å². The van der Waals surface area contributed by atoms with Gasteiger partial charge in [0.05, 0.1) is 10.6 Å². The van der Waals surface area contributed by atoms with Crippen LogP contribution in [0.4, 0.5) is 0 Å². The van der Waals surface area contributed by atoms with Crippen molar-refractivity contribution in [3.63, 3.8) is 0 Å². The Balaban J connectivity index is 1.75. The van der Waals surface area contributed by atoms with Gasteiger partial charge in [-0.05, 0) is 37.0 Å². The van der Waals surface area contributed by atoms with Crippen molar-refractivity contribution < 1.29 is 4.79 Å². The molecular weight excluding hydrogens is 278 g/mol. The fourth-order valence-corrected chi connectivity index (χ4v) is 3.08. The van der Waals surface area contributed by atoms with Crippen molar-refractivity contribution in [1.82, 2.24) is 5.32 Å². The van der Waals surface area contributed by atoms with Crippen LogP contribution in [-0.2, 0) is 0 Å². The number of amides is 1. The molecule has 0 bridgehead atoms. The molecular formula is C15H20ClNOS. The molecule has 1 N–H and O–H groups in total. The van der Waals surface area contributed by atoms with E-state index in [1.807, 2.05) is 0 Å². The molecule has 0 aliphatic heterocycles. The lowest BCUT2D eigenvalue weighted by molar-refractivity contribution is 0.0952. The third kappa shape index (κ3) is 4.43. The third-order valence-corrected chi connectivity index (χ3v) is 4.35. The maximum atomic E-state index is 12.0. The zero-order valence-electron chi connectivity index (χ0n) is 11.0. The lowest BCUT2D eigenvalue weighted by atomic mass is 10.0. The highest BCUT2D eigenvalue weighted by Gasteiger charge is 2.15. The van der Waals surface area contributed by atoms with Crippen molar-refractivity contribution >= 4 is 30.1 Å². The van der Waals surface area contributed by atoms with Crippen molar-refractivity contribution in [2.75, 3.05) is 6.54 Å². The third-order valence-electron chi connectivity index (χ3n) is 3.74. The van der Waals surface area contributed by atoms with Gasteiger partial charge >= 0.3 is 0 Å². The second-order valence-corrected chi connectivity index (χ2v) is 6.14. The zero-order chi connectivity index (χ0) is 13.7. The highest BCUT2D eigenvalue weighted by atomic mass is 35.5. The van der Waals surface area contributed by atoms with Crippen LogP contribution in [0.15, 0.2) is 23.1 Å². The van der Waals surface area contributed by atoms with Gasteiger partial charge in [0, 0.05) is 11.4 Å². The van der Waals surface area contributed by atoms with Crippen molar-refractivity contribution in [2.24, 2.45) is 5.92 Å². The molecule has 1 aromatic rings. The summed E-state index contributed by atoms with van der Waals surface area (Å²) < 4.78 is 0. The van der Waals surface area contributed by atoms with Crippen molar-refractivity contribution in [3.8, 4) is 0 Å². The minimum Gasteiger partial charge on any atom is -0.352 e. The van der Waals surface area contributed by atoms with Gasteiger partial charge < -0.3 is 5.32 Å². The molecule has 0 aromatic heterocycles. The Morgan fingerprint density at radius 3 is 2.84 bits per heavy atom. The van der Waals surface area contributed by atoms with Gasteiger partial charge in [-0.25, -0.2) is 0 Å². The molecule has 0 saturated heterocycles. The summed E-state index contributed by atoms with van der Waals surface area (Å²) in [6.45, 7) is 0.725. The predicted molar refractivity (Wildman–Crippen MR) is 82.2 cm³/mol. The van der Waals surface area contributed by atoms with Crippen LogP contribution in [0.5, 0.6) is 0 Å². The van der Waals surface area contributed by atoms with E-state index in [0.29, 0.717) is 10.6 Å². The van der Waals surface area contributed by atoms with E-state index in [9.17, 15) is 4.79 Å². The topological polar surface area (TPSA) is 29.1 Å². The summed E-state index contributed by atoms with van der Waals surface area (Å²) in [5.41, 5.74) is 0.509. The number of carbonyl (C=O) groups is 1. The predicted octanol–water partition coefficient (Wildman–Crippen LogP) is 4.33. The molecule has 1 fully saturated rings. The Bertz CT molecular complexity index is 444. The van der Waals surface area contributed by atoms with E-state index in [2.05, 4.69) is 17.9 Å². The lowest BCUT2D eigenvalue weighted by Crippen LogP contribution is -2.25. The fraction of sp³-hybridized carbons (Fsp3) is 0.533. The summed E-state index contributed by atoms with van der Waals surface area (Å²) in [5.74, 6) is 0.772. The van der Waals surface area contributed by atoms with Gasteiger partial charge in [-0.15, -0.1) is 12.6 Å². The lowest BCUT2D eigenvalue weighted by Gasteiger charge is -2.10. The number of hydrogen-bond donors (Lipinski definition) is 2. The number of carbonyl (C=O) groups excluding carboxylic acids is 1. The van der Waals surface area contributed by atoms with E-state index < -0.39 is 0 Å². The van der Waals surface area contributed by atoms with Crippen LogP contribution < -0.4 is 5.32 Å². The minimum atomic E-state index is -0.104. The molecule has 19 heavy (non-hydrogen) atoms. The highest BCUT2D eigenvalue weighted by Crippen LogP contribution is 2.28. The average Bonchev–Trinajstić information content (AvgIpc) is 2.90. The van der Waals surface area contributed by atoms with Crippen molar-refractivity contribution in [1.29, 1.82) is 0 Å². The van der Waals surface area contributed by atoms with E-state index in [1.165, 1.54) is 32.1 Å². The highest BCUT2D eigenvalue weighted by molar-refractivity contribution is 7.80. The molecule has 0 atom stereocenters. The summed E-state index contributed by atoms with van der Waals surface area (Å²) in [7, 11) is 0. The number of benzene rings is 1. The van der Waals surface area contributed by atoms with Crippen LogP contribution >= 0.6 is 24.2 Å². The summed E-state index contributed by atoms with van der Waals surface area (Å²) >= 11 is 10.2. The first-order valence-electron chi connectivity index (χ1n) is 6.93. The molecule has 1 aliphatic rings. The molecule has 0 spiro atoms. The zero-order valence-corrected chi connectivity index (χ0v) is 12.6. The normalized spacial score (nSPS) is 15.7. The maximum absolute atomic E-state index is 12.0. The molecule has 4 heteroatoms. The number of hydrogen-bond acceptors (Lipinski definition) is 2. The van der Waals surface area contributed by atoms with E-state index >= 15 is 0 Å². The molecule has 1 amide bonds. The molecule has 2 rings (SSSR count). The number of thiol groups is 1. The fourth-order valence-electron chi connectivity index (χ4n) is 2.67. The Hall–Kier alpha value is -0.670. The van der Waals surface area contributed by atoms with E-state index in [1.54, 1.807) is 18.2 Å². The van der Waals surface area contributed by atoms with Crippen LogP contribution in [-0.4, -0.2) is 12.5 Å². The van der Waals surface area contributed by atoms with Gasteiger partial charge in [-0.1, -0.05) is 37.3 Å². The monoisotopic (exact) mass is 297 g/mol. The van der Waals surface area contributed by atoms with Gasteiger partial charge in [0.25, 0.3) is 5.91 Å². The summed E-state index contributed by atoms with van der Waals surface area (Å²) in [6, 6.07) is 5.19. The molecule has 2 nitrogen and oxygen atoms in total. The van der Waals surface area contributed by atoms with Crippen LogP contribution in [0.2, 0.25) is 5.02 Å². The largest absolute Gasteiger partial charge is 0.352 e. The van der Waals surface area contributed by atoms with Crippen LogP contribution in [0.1, 0.15) is 48.9 Å². The molecule has 0 radical (unpaired) electrons. The first-order chi connectivity index (χ1) is 9.16. The summed E-state index contributed by atoms with van der Waals surface area (Å²) in [5, 5.41) is 3.41. The van der Waals surface area contributed by atoms with Crippen LogP contribution in [0.3, 0.4) is 0 Å². The second-order valence-electron chi connectivity index (χ2n) is 5.21.